The first-order valence-corrected chi connectivity index (χ1v) is 8.69. The van der Waals surface area contributed by atoms with E-state index in [1.807, 2.05) is 0 Å². The fourth-order valence-electron chi connectivity index (χ4n) is 2.19. The lowest BCUT2D eigenvalue weighted by Crippen LogP contribution is -2.26. The normalized spacial score (nSPS) is 10.4. The van der Waals surface area contributed by atoms with Gasteiger partial charge in [0.05, 0.1) is 0 Å². The maximum atomic E-state index is 11.3. The Morgan fingerprint density at radius 3 is 1.71 bits per heavy atom. The first-order valence-electron chi connectivity index (χ1n) is 8.69. The van der Waals surface area contributed by atoms with Crippen molar-refractivity contribution in [2.75, 3.05) is 0 Å². The molecule has 4 nitrogen and oxygen atoms in total. The third-order valence-electron chi connectivity index (χ3n) is 3.57. The molecular formula is C17H33NO3. The van der Waals surface area contributed by atoms with Crippen LogP contribution >= 0.6 is 0 Å². The van der Waals surface area contributed by atoms with Gasteiger partial charge in [0.2, 0.25) is 0 Å². The summed E-state index contributed by atoms with van der Waals surface area (Å²) < 4.78 is 0. The number of hydroxylamine groups is 1. The van der Waals surface area contributed by atoms with Crippen LogP contribution in [0.3, 0.4) is 0 Å². The summed E-state index contributed by atoms with van der Waals surface area (Å²) in [7, 11) is 0. The van der Waals surface area contributed by atoms with E-state index >= 15 is 0 Å². The first kappa shape index (κ1) is 19.9. The zero-order valence-corrected chi connectivity index (χ0v) is 13.9. The summed E-state index contributed by atoms with van der Waals surface area (Å²) in [5.41, 5.74) is 2.18. The number of amides is 1. The summed E-state index contributed by atoms with van der Waals surface area (Å²) in [5.74, 6) is -0.602. The maximum absolute atomic E-state index is 11.3. The van der Waals surface area contributed by atoms with E-state index in [0.29, 0.717) is 6.42 Å². The molecule has 0 fully saturated rings. The number of carbonyl (C=O) groups is 2. The van der Waals surface area contributed by atoms with Crippen LogP contribution in [0.4, 0.5) is 0 Å². The Hall–Kier alpha value is -1.06. The van der Waals surface area contributed by atoms with Gasteiger partial charge in [-0.1, -0.05) is 78.1 Å². The predicted octanol–water partition coefficient (Wildman–Crippen LogP) is 4.67. The molecule has 0 unspecified atom stereocenters. The lowest BCUT2D eigenvalue weighted by Gasteiger charge is -2.04. The molecule has 0 aliphatic carbocycles. The number of nitrogens with one attached hydrogen (secondary N) is 1. The average Bonchev–Trinajstić information content (AvgIpc) is 2.50. The summed E-state index contributed by atoms with van der Waals surface area (Å²) in [6.45, 7) is 3.94. The second-order valence-electron chi connectivity index (χ2n) is 5.64. The zero-order valence-electron chi connectivity index (χ0n) is 13.9. The number of carbonyl (C=O) groups excluding carboxylic acids is 2. The molecule has 0 aromatic rings. The topological polar surface area (TPSA) is 55.4 Å². The molecule has 0 aliphatic rings. The van der Waals surface area contributed by atoms with Gasteiger partial charge in [-0.3, -0.25) is 4.79 Å². The molecule has 0 spiro atoms. The van der Waals surface area contributed by atoms with Crippen molar-refractivity contribution in [1.82, 2.24) is 5.48 Å². The number of hydrogen-bond donors (Lipinski definition) is 1. The Balaban J connectivity index is 3.18. The molecule has 0 atom stereocenters. The SMILES string of the molecule is CCCCCCCCCCCCCC(=O)NOC(=O)CC. The van der Waals surface area contributed by atoms with Crippen LogP contribution in [-0.2, 0) is 14.4 Å². The molecule has 0 bridgehead atoms. The molecule has 0 aliphatic heterocycles. The van der Waals surface area contributed by atoms with Crippen LogP contribution in [0.5, 0.6) is 0 Å². The van der Waals surface area contributed by atoms with Crippen molar-refractivity contribution in [3.05, 3.63) is 0 Å². The van der Waals surface area contributed by atoms with Gasteiger partial charge in [0.15, 0.2) is 0 Å². The van der Waals surface area contributed by atoms with Crippen molar-refractivity contribution in [3.8, 4) is 0 Å². The molecule has 1 amide bonds. The van der Waals surface area contributed by atoms with Crippen molar-refractivity contribution >= 4 is 11.9 Å². The van der Waals surface area contributed by atoms with Crippen LogP contribution in [0.1, 0.15) is 97.3 Å². The Kier molecular flexibility index (Phi) is 14.6. The minimum absolute atomic E-state index is 0.201. The van der Waals surface area contributed by atoms with E-state index in [9.17, 15) is 9.59 Å². The van der Waals surface area contributed by atoms with E-state index in [1.54, 1.807) is 6.92 Å². The minimum Gasteiger partial charge on any atom is -0.341 e. The summed E-state index contributed by atoms with van der Waals surface area (Å²) in [6.07, 6.45) is 14.6. The Morgan fingerprint density at radius 2 is 1.24 bits per heavy atom. The first-order chi connectivity index (χ1) is 10.2. The van der Waals surface area contributed by atoms with Gasteiger partial charge in [-0.15, -0.1) is 0 Å². The summed E-state index contributed by atoms with van der Waals surface area (Å²) >= 11 is 0. The molecule has 0 saturated carbocycles. The Bertz CT molecular complexity index is 267. The van der Waals surface area contributed by atoms with Crippen LogP contribution in [0.2, 0.25) is 0 Å². The summed E-state index contributed by atoms with van der Waals surface area (Å²) in [4.78, 5) is 26.7. The van der Waals surface area contributed by atoms with Crippen molar-refractivity contribution in [3.63, 3.8) is 0 Å². The lowest BCUT2D eigenvalue weighted by atomic mass is 10.1. The Labute approximate surface area is 130 Å². The van der Waals surface area contributed by atoms with E-state index in [-0.39, 0.29) is 12.3 Å². The van der Waals surface area contributed by atoms with E-state index in [2.05, 4.69) is 17.2 Å². The van der Waals surface area contributed by atoms with Gasteiger partial charge in [0.1, 0.15) is 0 Å². The Morgan fingerprint density at radius 1 is 0.762 bits per heavy atom. The second kappa shape index (κ2) is 15.3. The van der Waals surface area contributed by atoms with Crippen molar-refractivity contribution in [2.24, 2.45) is 0 Å². The summed E-state index contributed by atoms with van der Waals surface area (Å²) in [6, 6.07) is 0. The third-order valence-corrected chi connectivity index (χ3v) is 3.57. The van der Waals surface area contributed by atoms with Crippen LogP contribution in [0.15, 0.2) is 0 Å². The van der Waals surface area contributed by atoms with Gasteiger partial charge in [-0.05, 0) is 6.42 Å². The third kappa shape index (κ3) is 15.2. The molecule has 124 valence electrons. The molecule has 0 aromatic heterocycles. The zero-order chi connectivity index (χ0) is 15.8. The molecule has 21 heavy (non-hydrogen) atoms. The highest BCUT2D eigenvalue weighted by molar-refractivity contribution is 5.77. The van der Waals surface area contributed by atoms with Gasteiger partial charge in [0, 0.05) is 12.8 Å². The molecule has 0 heterocycles. The van der Waals surface area contributed by atoms with Crippen LogP contribution < -0.4 is 5.48 Å². The largest absolute Gasteiger partial charge is 0.341 e. The quantitative estimate of drug-likeness (QED) is 0.397. The molecule has 0 rings (SSSR count). The fourth-order valence-corrected chi connectivity index (χ4v) is 2.19. The van der Waals surface area contributed by atoms with Gasteiger partial charge in [0.25, 0.3) is 5.91 Å². The van der Waals surface area contributed by atoms with Crippen LogP contribution in [-0.4, -0.2) is 11.9 Å². The molecule has 0 radical (unpaired) electrons. The van der Waals surface area contributed by atoms with Gasteiger partial charge in [-0.2, -0.15) is 5.48 Å². The molecule has 0 aromatic carbocycles. The second-order valence-corrected chi connectivity index (χ2v) is 5.64. The van der Waals surface area contributed by atoms with Crippen LogP contribution in [0.25, 0.3) is 0 Å². The number of unbranched alkanes of at least 4 members (excludes halogenated alkanes) is 10. The van der Waals surface area contributed by atoms with Crippen molar-refractivity contribution in [2.45, 2.75) is 97.3 Å². The summed E-state index contributed by atoms with van der Waals surface area (Å²) in [5, 5.41) is 0. The van der Waals surface area contributed by atoms with E-state index in [0.717, 1.165) is 12.8 Å². The van der Waals surface area contributed by atoms with Gasteiger partial charge >= 0.3 is 5.97 Å². The van der Waals surface area contributed by atoms with Crippen molar-refractivity contribution in [1.29, 1.82) is 0 Å². The highest BCUT2D eigenvalue weighted by Gasteiger charge is 2.04. The van der Waals surface area contributed by atoms with Gasteiger partial charge < -0.3 is 4.84 Å². The van der Waals surface area contributed by atoms with Gasteiger partial charge in [-0.25, -0.2) is 4.79 Å². The van der Waals surface area contributed by atoms with E-state index in [1.165, 1.54) is 57.8 Å². The standard InChI is InChI=1S/C17H33NO3/c1-3-5-6-7-8-9-10-11-12-13-14-15-16(19)18-21-17(20)4-2/h3-15H2,1-2H3,(H,18,19). The highest BCUT2D eigenvalue weighted by Crippen LogP contribution is 2.11. The predicted molar refractivity (Wildman–Crippen MR) is 85.6 cm³/mol. The number of hydrogen-bond acceptors (Lipinski definition) is 3. The molecular weight excluding hydrogens is 266 g/mol. The van der Waals surface area contributed by atoms with E-state index < -0.39 is 5.97 Å². The van der Waals surface area contributed by atoms with Crippen LogP contribution in [0, 0.1) is 0 Å². The molecule has 0 saturated heterocycles. The lowest BCUT2D eigenvalue weighted by molar-refractivity contribution is -0.158. The average molecular weight is 299 g/mol. The number of rotatable bonds is 13. The highest BCUT2D eigenvalue weighted by atomic mass is 16.7. The maximum Gasteiger partial charge on any atom is 0.331 e. The van der Waals surface area contributed by atoms with Crippen molar-refractivity contribution < 1.29 is 14.4 Å². The smallest absolute Gasteiger partial charge is 0.331 e. The monoisotopic (exact) mass is 299 g/mol. The molecule has 1 N–H and O–H groups in total. The minimum atomic E-state index is -0.401. The fraction of sp³-hybridized carbons (Fsp3) is 0.882. The van der Waals surface area contributed by atoms with E-state index in [4.69, 9.17) is 0 Å². The molecule has 4 heteroatoms.